The molecule has 1 aliphatic rings. The van der Waals surface area contributed by atoms with Gasteiger partial charge in [0.1, 0.15) is 11.9 Å². The number of imidazole rings is 1. The van der Waals surface area contributed by atoms with Crippen molar-refractivity contribution in [1.29, 1.82) is 0 Å². The van der Waals surface area contributed by atoms with Crippen LogP contribution in [-0.4, -0.2) is 34.8 Å². The van der Waals surface area contributed by atoms with Gasteiger partial charge in [0.2, 0.25) is 0 Å². The molecule has 22 heavy (non-hydrogen) atoms. The third kappa shape index (κ3) is 2.57. The van der Waals surface area contributed by atoms with E-state index in [1.165, 1.54) is 21.9 Å². The van der Waals surface area contributed by atoms with Gasteiger partial charge in [-0.15, -0.1) is 0 Å². The second-order valence-corrected chi connectivity index (χ2v) is 4.64. The van der Waals surface area contributed by atoms with E-state index in [1.54, 1.807) is 24.5 Å². The van der Waals surface area contributed by atoms with E-state index in [2.05, 4.69) is 15.0 Å². The first-order chi connectivity index (χ1) is 10.7. The molecule has 1 atom stereocenters. The summed E-state index contributed by atoms with van der Waals surface area (Å²) in [6, 6.07) is 4.43. The summed E-state index contributed by atoms with van der Waals surface area (Å²) in [6.45, 7) is 0.260. The molecule has 1 saturated heterocycles. The second-order valence-electron chi connectivity index (χ2n) is 4.64. The molecule has 0 spiro atoms. The third-order valence-corrected chi connectivity index (χ3v) is 3.25. The van der Waals surface area contributed by atoms with Crippen LogP contribution in [0.5, 0.6) is 0 Å². The number of aromatic nitrogens is 2. The number of ether oxygens (including phenoxy) is 1. The van der Waals surface area contributed by atoms with Crippen molar-refractivity contribution in [2.75, 3.05) is 18.0 Å². The van der Waals surface area contributed by atoms with Crippen LogP contribution in [-0.2, 0) is 4.74 Å². The standard InChI is InChI=1S/C13H11FN6O2/c14-11-5-9(1-2-12(11)19-4-3-16-8-19)20-7-10(6-17-18-15)22-13(20)21/h1-5,8,10H,6-7H2. The summed E-state index contributed by atoms with van der Waals surface area (Å²) < 4.78 is 20.8. The molecule has 0 aliphatic carbocycles. The van der Waals surface area contributed by atoms with Gasteiger partial charge in [-0.3, -0.25) is 4.90 Å². The smallest absolute Gasteiger partial charge is 0.414 e. The lowest BCUT2D eigenvalue weighted by atomic mass is 10.2. The number of benzene rings is 1. The lowest BCUT2D eigenvalue weighted by molar-refractivity contribution is 0.145. The van der Waals surface area contributed by atoms with Crippen LogP contribution in [0.25, 0.3) is 16.1 Å². The van der Waals surface area contributed by atoms with Gasteiger partial charge in [-0.1, -0.05) is 5.11 Å². The molecule has 112 valence electrons. The molecule has 1 fully saturated rings. The number of carbonyl (C=O) groups is 1. The van der Waals surface area contributed by atoms with E-state index in [1.807, 2.05) is 0 Å². The molecule has 1 aromatic carbocycles. The number of amides is 1. The number of rotatable bonds is 4. The SMILES string of the molecule is [N-]=[N+]=NCC1CN(c2ccc(-n3ccnc3)c(F)c2)C(=O)O1. The van der Waals surface area contributed by atoms with Crippen LogP contribution in [0.1, 0.15) is 0 Å². The number of hydrogen-bond acceptors (Lipinski definition) is 4. The quantitative estimate of drug-likeness (QED) is 0.493. The van der Waals surface area contributed by atoms with Crippen molar-refractivity contribution in [2.45, 2.75) is 6.10 Å². The Labute approximate surface area is 124 Å². The highest BCUT2D eigenvalue weighted by molar-refractivity contribution is 5.89. The molecule has 0 bridgehead atoms. The van der Waals surface area contributed by atoms with Crippen LogP contribution in [0.2, 0.25) is 0 Å². The largest absolute Gasteiger partial charge is 0.444 e. The summed E-state index contributed by atoms with van der Waals surface area (Å²) >= 11 is 0. The van der Waals surface area contributed by atoms with E-state index in [9.17, 15) is 9.18 Å². The van der Waals surface area contributed by atoms with Crippen molar-refractivity contribution in [1.82, 2.24) is 9.55 Å². The molecular formula is C13H11FN6O2. The highest BCUT2D eigenvalue weighted by Crippen LogP contribution is 2.25. The molecule has 2 aromatic rings. The van der Waals surface area contributed by atoms with Gasteiger partial charge in [-0.25, -0.2) is 14.2 Å². The Bertz CT molecular complexity index is 741. The molecule has 0 N–H and O–H groups in total. The summed E-state index contributed by atoms with van der Waals surface area (Å²) in [5.74, 6) is -0.484. The molecule has 9 heteroatoms. The molecule has 3 rings (SSSR count). The van der Waals surface area contributed by atoms with Gasteiger partial charge in [0, 0.05) is 17.3 Å². The number of cyclic esters (lactones) is 1. The zero-order chi connectivity index (χ0) is 15.5. The monoisotopic (exact) mass is 302 g/mol. The zero-order valence-electron chi connectivity index (χ0n) is 11.3. The van der Waals surface area contributed by atoms with Crippen molar-refractivity contribution in [2.24, 2.45) is 5.11 Å². The van der Waals surface area contributed by atoms with E-state index in [0.717, 1.165) is 0 Å². The Morgan fingerprint density at radius 1 is 1.55 bits per heavy atom. The predicted octanol–water partition coefficient (Wildman–Crippen LogP) is 2.65. The first-order valence-corrected chi connectivity index (χ1v) is 6.46. The van der Waals surface area contributed by atoms with Crippen molar-refractivity contribution in [3.05, 3.63) is 53.2 Å². The average molecular weight is 302 g/mol. The first-order valence-electron chi connectivity index (χ1n) is 6.46. The maximum absolute atomic E-state index is 14.2. The third-order valence-electron chi connectivity index (χ3n) is 3.25. The lowest BCUT2D eigenvalue weighted by Crippen LogP contribution is -2.25. The summed E-state index contributed by atoms with van der Waals surface area (Å²) in [7, 11) is 0. The fraction of sp³-hybridized carbons (Fsp3) is 0.231. The van der Waals surface area contributed by atoms with Gasteiger partial charge in [0.15, 0.2) is 0 Å². The van der Waals surface area contributed by atoms with Crippen molar-refractivity contribution < 1.29 is 13.9 Å². The molecular weight excluding hydrogens is 291 g/mol. The van der Waals surface area contributed by atoms with Crippen LogP contribution in [0, 0.1) is 5.82 Å². The second kappa shape index (κ2) is 5.74. The van der Waals surface area contributed by atoms with Gasteiger partial charge in [-0.05, 0) is 23.7 Å². The normalized spacial score (nSPS) is 17.2. The topological polar surface area (TPSA) is 96.1 Å². The summed E-state index contributed by atoms with van der Waals surface area (Å²) in [5.41, 5.74) is 9.00. The van der Waals surface area contributed by atoms with Crippen LogP contribution in [0.15, 0.2) is 42.0 Å². The maximum atomic E-state index is 14.2. The van der Waals surface area contributed by atoms with E-state index >= 15 is 0 Å². The Hall–Kier alpha value is -3.06. The number of azide groups is 1. The van der Waals surface area contributed by atoms with Crippen LogP contribution in [0.4, 0.5) is 14.9 Å². The van der Waals surface area contributed by atoms with E-state index < -0.39 is 18.0 Å². The van der Waals surface area contributed by atoms with Gasteiger partial charge >= 0.3 is 6.09 Å². The molecule has 0 radical (unpaired) electrons. The molecule has 0 saturated carbocycles. The molecule has 1 amide bonds. The minimum Gasteiger partial charge on any atom is -0.444 e. The summed E-state index contributed by atoms with van der Waals surface area (Å²) in [5, 5.41) is 3.37. The Morgan fingerprint density at radius 3 is 3.09 bits per heavy atom. The molecule has 1 aliphatic heterocycles. The van der Waals surface area contributed by atoms with Crippen LogP contribution in [0.3, 0.4) is 0 Å². The summed E-state index contributed by atoms with van der Waals surface area (Å²) in [4.78, 5) is 19.6. The van der Waals surface area contributed by atoms with Crippen molar-refractivity contribution in [3.8, 4) is 5.69 Å². The lowest BCUT2D eigenvalue weighted by Gasteiger charge is -2.14. The summed E-state index contributed by atoms with van der Waals surface area (Å²) in [6.07, 6.45) is 3.54. The Morgan fingerprint density at radius 2 is 2.41 bits per heavy atom. The Kier molecular flexibility index (Phi) is 3.63. The first kappa shape index (κ1) is 13.9. The van der Waals surface area contributed by atoms with Gasteiger partial charge in [0.25, 0.3) is 0 Å². The predicted molar refractivity (Wildman–Crippen MR) is 75.2 cm³/mol. The molecule has 8 nitrogen and oxygen atoms in total. The zero-order valence-corrected chi connectivity index (χ0v) is 11.3. The maximum Gasteiger partial charge on any atom is 0.414 e. The van der Waals surface area contributed by atoms with Crippen LogP contribution >= 0.6 is 0 Å². The minimum absolute atomic E-state index is 0.0499. The number of anilines is 1. The van der Waals surface area contributed by atoms with E-state index in [4.69, 9.17) is 10.3 Å². The number of carbonyl (C=O) groups excluding carboxylic acids is 1. The van der Waals surface area contributed by atoms with Crippen LogP contribution < -0.4 is 4.90 Å². The molecule has 2 heterocycles. The fourth-order valence-electron chi connectivity index (χ4n) is 2.23. The minimum atomic E-state index is -0.590. The Balaban J connectivity index is 1.82. The molecule has 1 aromatic heterocycles. The highest BCUT2D eigenvalue weighted by atomic mass is 19.1. The number of halogens is 1. The van der Waals surface area contributed by atoms with Crippen molar-refractivity contribution >= 4 is 11.8 Å². The highest BCUT2D eigenvalue weighted by Gasteiger charge is 2.32. The van der Waals surface area contributed by atoms with E-state index in [0.29, 0.717) is 11.4 Å². The average Bonchev–Trinajstić information content (AvgIpc) is 3.14. The van der Waals surface area contributed by atoms with Gasteiger partial charge in [-0.2, -0.15) is 0 Å². The number of nitrogens with zero attached hydrogens (tertiary/aromatic N) is 6. The number of hydrogen-bond donors (Lipinski definition) is 0. The molecule has 1 unspecified atom stereocenters. The van der Waals surface area contributed by atoms with Gasteiger partial charge < -0.3 is 9.30 Å². The van der Waals surface area contributed by atoms with Gasteiger partial charge in [0.05, 0.1) is 30.8 Å². The fourth-order valence-corrected chi connectivity index (χ4v) is 2.23. The van der Waals surface area contributed by atoms with Crippen molar-refractivity contribution in [3.63, 3.8) is 0 Å². The van der Waals surface area contributed by atoms with E-state index in [-0.39, 0.29) is 13.1 Å².